The molecule has 0 amide bonds. The zero-order valence-electron chi connectivity index (χ0n) is 16.8. The number of ether oxygens (including phenoxy) is 3. The van der Waals surface area contributed by atoms with E-state index < -0.39 is 5.97 Å². The molecule has 0 unspecified atom stereocenters. The minimum absolute atomic E-state index is 0.249. The maximum atomic E-state index is 12.4. The minimum atomic E-state index is -0.471. The number of methoxy groups -OCH3 is 3. The molecule has 8 nitrogen and oxygen atoms in total. The van der Waals surface area contributed by atoms with Crippen LogP contribution >= 0.6 is 0 Å². The first kappa shape index (κ1) is 20.3. The summed E-state index contributed by atoms with van der Waals surface area (Å²) in [5.74, 6) is 1.36. The van der Waals surface area contributed by atoms with E-state index in [0.29, 0.717) is 46.9 Å². The number of esters is 1. The zero-order chi connectivity index (χ0) is 21.0. The highest BCUT2D eigenvalue weighted by Crippen LogP contribution is 2.28. The quantitative estimate of drug-likeness (QED) is 0.612. The molecule has 0 aliphatic carbocycles. The van der Waals surface area contributed by atoms with Gasteiger partial charge in [0.1, 0.15) is 5.82 Å². The van der Waals surface area contributed by atoms with E-state index in [9.17, 15) is 9.59 Å². The second-order valence-corrected chi connectivity index (χ2v) is 6.60. The second kappa shape index (κ2) is 8.74. The molecule has 8 heteroatoms. The summed E-state index contributed by atoms with van der Waals surface area (Å²) >= 11 is 0. The number of benzene rings is 2. The SMILES string of the molecule is COC(=O)c1ccc2c(=O)[nH]c(CN(C)Cc3ccc(OC)c(OC)c3)nc2c1. The Hall–Kier alpha value is -3.39. The summed E-state index contributed by atoms with van der Waals surface area (Å²) in [6.45, 7) is 1.03. The van der Waals surface area contributed by atoms with Crippen LogP contribution in [0.4, 0.5) is 0 Å². The highest BCUT2D eigenvalue weighted by molar-refractivity contribution is 5.93. The Morgan fingerprint density at radius 1 is 1.03 bits per heavy atom. The molecule has 0 radical (unpaired) electrons. The van der Waals surface area contributed by atoms with Gasteiger partial charge in [-0.2, -0.15) is 0 Å². The van der Waals surface area contributed by atoms with Crippen molar-refractivity contribution in [2.75, 3.05) is 28.4 Å². The predicted octanol–water partition coefficient (Wildman–Crippen LogP) is 2.36. The van der Waals surface area contributed by atoms with E-state index in [2.05, 4.69) is 9.97 Å². The van der Waals surface area contributed by atoms with Crippen molar-refractivity contribution in [1.29, 1.82) is 0 Å². The van der Waals surface area contributed by atoms with Crippen LogP contribution < -0.4 is 15.0 Å². The highest BCUT2D eigenvalue weighted by Gasteiger charge is 2.12. The molecule has 2 aromatic carbocycles. The van der Waals surface area contributed by atoms with Gasteiger partial charge < -0.3 is 19.2 Å². The number of aromatic nitrogens is 2. The predicted molar refractivity (Wildman–Crippen MR) is 108 cm³/mol. The summed E-state index contributed by atoms with van der Waals surface area (Å²) in [5, 5.41) is 0.420. The van der Waals surface area contributed by atoms with Crippen molar-refractivity contribution in [1.82, 2.24) is 14.9 Å². The number of carbonyl (C=O) groups excluding carboxylic acids is 1. The first-order valence-corrected chi connectivity index (χ1v) is 8.96. The number of hydrogen-bond acceptors (Lipinski definition) is 7. The van der Waals surface area contributed by atoms with E-state index in [1.54, 1.807) is 32.4 Å². The first-order chi connectivity index (χ1) is 13.9. The molecule has 0 saturated heterocycles. The molecular formula is C21H23N3O5. The molecule has 0 aliphatic heterocycles. The number of aromatic amines is 1. The third-order valence-corrected chi connectivity index (χ3v) is 4.50. The molecule has 152 valence electrons. The van der Waals surface area contributed by atoms with Crippen LogP contribution in [-0.4, -0.2) is 49.2 Å². The summed E-state index contributed by atoms with van der Waals surface area (Å²) < 4.78 is 15.3. The van der Waals surface area contributed by atoms with Gasteiger partial charge in [-0.25, -0.2) is 9.78 Å². The van der Waals surface area contributed by atoms with Crippen molar-refractivity contribution in [2.24, 2.45) is 0 Å². The van der Waals surface area contributed by atoms with Crippen LogP contribution in [0.3, 0.4) is 0 Å². The number of H-pyrrole nitrogens is 1. The van der Waals surface area contributed by atoms with Crippen LogP contribution in [0, 0.1) is 0 Å². The molecule has 0 spiro atoms. The molecule has 1 heterocycles. The van der Waals surface area contributed by atoms with Crippen molar-refractivity contribution < 1.29 is 19.0 Å². The number of fused-ring (bicyclic) bond motifs is 1. The minimum Gasteiger partial charge on any atom is -0.493 e. The fraction of sp³-hybridized carbons (Fsp3) is 0.286. The highest BCUT2D eigenvalue weighted by atomic mass is 16.5. The van der Waals surface area contributed by atoms with Gasteiger partial charge in [0.2, 0.25) is 0 Å². The fourth-order valence-corrected chi connectivity index (χ4v) is 3.11. The molecule has 0 fully saturated rings. The van der Waals surface area contributed by atoms with Crippen molar-refractivity contribution >= 4 is 16.9 Å². The largest absolute Gasteiger partial charge is 0.493 e. The maximum absolute atomic E-state index is 12.4. The topological polar surface area (TPSA) is 93.8 Å². The molecule has 29 heavy (non-hydrogen) atoms. The smallest absolute Gasteiger partial charge is 0.337 e. The summed E-state index contributed by atoms with van der Waals surface area (Å²) in [7, 11) is 6.42. The number of nitrogens with zero attached hydrogens (tertiary/aromatic N) is 2. The van der Waals surface area contributed by atoms with Gasteiger partial charge in [0.05, 0.1) is 44.3 Å². The summed E-state index contributed by atoms with van der Waals surface area (Å²) in [6.07, 6.45) is 0. The van der Waals surface area contributed by atoms with Crippen LogP contribution in [-0.2, 0) is 17.8 Å². The van der Waals surface area contributed by atoms with Crippen LogP contribution in [0.2, 0.25) is 0 Å². The Bertz CT molecular complexity index is 1090. The lowest BCUT2D eigenvalue weighted by atomic mass is 10.1. The van der Waals surface area contributed by atoms with Gasteiger partial charge in [-0.15, -0.1) is 0 Å². The first-order valence-electron chi connectivity index (χ1n) is 8.96. The summed E-state index contributed by atoms with van der Waals surface area (Å²) in [6, 6.07) is 10.4. The molecule has 0 saturated carbocycles. The molecular weight excluding hydrogens is 374 g/mol. The lowest BCUT2D eigenvalue weighted by Crippen LogP contribution is -2.22. The molecule has 1 N–H and O–H groups in total. The van der Waals surface area contributed by atoms with E-state index in [-0.39, 0.29) is 5.56 Å². The van der Waals surface area contributed by atoms with Crippen molar-refractivity contribution in [3.8, 4) is 11.5 Å². The number of carbonyl (C=O) groups is 1. The van der Waals surface area contributed by atoms with Crippen LogP contribution in [0.5, 0.6) is 11.5 Å². The average Bonchev–Trinajstić information content (AvgIpc) is 2.72. The fourth-order valence-electron chi connectivity index (χ4n) is 3.11. The molecule has 0 atom stereocenters. The van der Waals surface area contributed by atoms with Crippen molar-refractivity contribution in [3.63, 3.8) is 0 Å². The van der Waals surface area contributed by atoms with E-state index >= 15 is 0 Å². The van der Waals surface area contributed by atoms with Gasteiger partial charge in [-0.05, 0) is 42.9 Å². The van der Waals surface area contributed by atoms with Gasteiger partial charge >= 0.3 is 5.97 Å². The number of hydrogen-bond donors (Lipinski definition) is 1. The second-order valence-electron chi connectivity index (χ2n) is 6.60. The third kappa shape index (κ3) is 4.55. The Morgan fingerprint density at radius 2 is 1.79 bits per heavy atom. The number of rotatable bonds is 7. The molecule has 1 aromatic heterocycles. The molecule has 0 bridgehead atoms. The third-order valence-electron chi connectivity index (χ3n) is 4.50. The molecule has 3 rings (SSSR count). The van der Waals surface area contributed by atoms with E-state index in [1.165, 1.54) is 7.11 Å². The van der Waals surface area contributed by atoms with Crippen LogP contribution in [0.15, 0.2) is 41.2 Å². The molecule has 3 aromatic rings. The van der Waals surface area contributed by atoms with Crippen molar-refractivity contribution in [2.45, 2.75) is 13.1 Å². The van der Waals surface area contributed by atoms with Crippen LogP contribution in [0.25, 0.3) is 10.9 Å². The standard InChI is InChI=1S/C21H23N3O5/c1-24(11-13-5-8-17(27-2)18(9-13)28-3)12-19-22-16-10-14(21(26)29-4)6-7-15(16)20(25)23-19/h5-10H,11-12H2,1-4H3,(H,22,23,25). The Labute approximate surface area is 168 Å². The monoisotopic (exact) mass is 397 g/mol. The summed E-state index contributed by atoms with van der Waals surface area (Å²) in [5.41, 5.74) is 1.58. The van der Waals surface area contributed by atoms with E-state index in [0.717, 1.165) is 5.56 Å². The maximum Gasteiger partial charge on any atom is 0.337 e. The summed E-state index contributed by atoms with van der Waals surface area (Å²) in [4.78, 5) is 33.4. The zero-order valence-corrected chi connectivity index (χ0v) is 16.8. The Kier molecular flexibility index (Phi) is 6.13. The van der Waals surface area contributed by atoms with Gasteiger partial charge in [-0.3, -0.25) is 9.69 Å². The van der Waals surface area contributed by atoms with Gasteiger partial charge in [0.15, 0.2) is 11.5 Å². The average molecular weight is 397 g/mol. The van der Waals surface area contributed by atoms with Crippen molar-refractivity contribution in [3.05, 3.63) is 63.7 Å². The number of nitrogens with one attached hydrogen (secondary N) is 1. The van der Waals surface area contributed by atoms with Gasteiger partial charge in [-0.1, -0.05) is 6.07 Å². The Balaban J connectivity index is 1.81. The van der Waals surface area contributed by atoms with Crippen LogP contribution in [0.1, 0.15) is 21.7 Å². The molecule has 0 aliphatic rings. The lowest BCUT2D eigenvalue weighted by molar-refractivity contribution is 0.0601. The van der Waals surface area contributed by atoms with E-state index in [4.69, 9.17) is 14.2 Å². The van der Waals surface area contributed by atoms with E-state index in [1.807, 2.05) is 30.1 Å². The van der Waals surface area contributed by atoms with Gasteiger partial charge in [0.25, 0.3) is 5.56 Å². The van der Waals surface area contributed by atoms with Gasteiger partial charge in [0, 0.05) is 6.54 Å². The normalized spacial score (nSPS) is 10.9. The Morgan fingerprint density at radius 3 is 2.48 bits per heavy atom. The lowest BCUT2D eigenvalue weighted by Gasteiger charge is -2.17.